The van der Waals surface area contributed by atoms with Crippen LogP contribution < -0.4 is 16.0 Å². The van der Waals surface area contributed by atoms with Gasteiger partial charge in [-0.1, -0.05) is 0 Å². The minimum atomic E-state index is -0.527. The highest BCUT2D eigenvalue weighted by atomic mass is 16.6. The number of rotatable bonds is 6. The lowest BCUT2D eigenvalue weighted by molar-refractivity contribution is 0.0474. The predicted molar refractivity (Wildman–Crippen MR) is 97.3 cm³/mol. The third-order valence-corrected chi connectivity index (χ3v) is 3.21. The van der Waals surface area contributed by atoms with Gasteiger partial charge in [0.05, 0.1) is 12.1 Å². The number of nitrogens with zero attached hydrogens (tertiary/aromatic N) is 4. The highest BCUT2D eigenvalue weighted by Gasteiger charge is 2.24. The third kappa shape index (κ3) is 7.86. The summed E-state index contributed by atoms with van der Waals surface area (Å²) in [4.78, 5) is 16.1. The Morgan fingerprint density at radius 3 is 2.52 bits per heavy atom. The highest BCUT2D eigenvalue weighted by molar-refractivity contribution is 5.79. The normalized spacial score (nSPS) is 12.7. The summed E-state index contributed by atoms with van der Waals surface area (Å²) in [5.74, 6) is 1.45. The van der Waals surface area contributed by atoms with Crippen LogP contribution in [0.15, 0.2) is 11.3 Å². The van der Waals surface area contributed by atoms with E-state index in [-0.39, 0.29) is 0 Å². The van der Waals surface area contributed by atoms with Crippen LogP contribution in [-0.4, -0.2) is 51.5 Å². The molecule has 0 saturated heterocycles. The minimum absolute atomic E-state index is 0.446. The minimum Gasteiger partial charge on any atom is -0.444 e. The average Bonchev–Trinajstić information content (AvgIpc) is 2.92. The number of aryl methyl sites for hydroxylation is 1. The van der Waals surface area contributed by atoms with Gasteiger partial charge >= 0.3 is 6.09 Å². The molecule has 9 heteroatoms. The largest absolute Gasteiger partial charge is 0.444 e. The van der Waals surface area contributed by atoms with Crippen LogP contribution in [0.4, 0.5) is 4.79 Å². The van der Waals surface area contributed by atoms with E-state index in [1.54, 1.807) is 13.4 Å². The molecule has 0 aliphatic carbocycles. The number of alkyl carbamates (subject to hydrolysis) is 1. The van der Waals surface area contributed by atoms with Crippen LogP contribution in [0.2, 0.25) is 0 Å². The molecule has 0 bridgehead atoms. The zero-order valence-electron chi connectivity index (χ0n) is 16.3. The number of ether oxygens (including phenoxy) is 1. The molecule has 9 nitrogen and oxygen atoms in total. The van der Waals surface area contributed by atoms with E-state index in [9.17, 15) is 4.79 Å². The molecule has 0 spiro atoms. The Balaban J connectivity index is 2.48. The molecule has 0 atom stereocenters. The average molecular weight is 353 g/mol. The number of aliphatic imine (C=N–C) groups is 1. The SMILES string of the molecule is CCn1cnnc1CNC(=NC)NCC(C)(C)NC(=O)OC(C)(C)C. The summed E-state index contributed by atoms with van der Waals surface area (Å²) >= 11 is 0. The monoisotopic (exact) mass is 353 g/mol. The molecule has 0 unspecified atom stereocenters. The van der Waals surface area contributed by atoms with Crippen LogP contribution in [0.25, 0.3) is 0 Å². The van der Waals surface area contributed by atoms with Crippen LogP contribution in [-0.2, 0) is 17.8 Å². The molecule has 1 aromatic heterocycles. The van der Waals surface area contributed by atoms with Crippen LogP contribution in [0, 0.1) is 0 Å². The predicted octanol–water partition coefficient (Wildman–Crippen LogP) is 1.27. The van der Waals surface area contributed by atoms with Crippen LogP contribution in [0.5, 0.6) is 0 Å². The Hall–Kier alpha value is -2.32. The summed E-state index contributed by atoms with van der Waals surface area (Å²) in [6.07, 6.45) is 1.25. The number of amides is 1. The van der Waals surface area contributed by atoms with E-state index in [4.69, 9.17) is 4.74 Å². The van der Waals surface area contributed by atoms with Gasteiger partial charge in [0.1, 0.15) is 11.9 Å². The summed E-state index contributed by atoms with van der Waals surface area (Å²) in [5, 5.41) is 17.2. The second-order valence-electron chi connectivity index (χ2n) is 7.32. The number of hydrogen-bond donors (Lipinski definition) is 3. The lowest BCUT2D eigenvalue weighted by Gasteiger charge is -2.29. The van der Waals surface area contributed by atoms with Crippen molar-refractivity contribution in [2.24, 2.45) is 4.99 Å². The third-order valence-electron chi connectivity index (χ3n) is 3.21. The van der Waals surface area contributed by atoms with Gasteiger partial charge in [-0.15, -0.1) is 10.2 Å². The molecule has 1 rings (SSSR count). The molecule has 1 amide bonds. The maximum Gasteiger partial charge on any atom is 0.408 e. The van der Waals surface area contributed by atoms with E-state index in [1.165, 1.54) is 0 Å². The van der Waals surface area contributed by atoms with E-state index < -0.39 is 17.2 Å². The van der Waals surface area contributed by atoms with E-state index in [2.05, 4.69) is 31.1 Å². The molecular weight excluding hydrogens is 322 g/mol. The summed E-state index contributed by atoms with van der Waals surface area (Å²) in [6.45, 7) is 13.1. The smallest absolute Gasteiger partial charge is 0.408 e. The number of aromatic nitrogens is 3. The molecule has 142 valence electrons. The van der Waals surface area contributed by atoms with Crippen LogP contribution in [0.3, 0.4) is 0 Å². The summed E-state index contributed by atoms with van der Waals surface area (Å²) in [7, 11) is 1.69. The van der Waals surface area contributed by atoms with Gasteiger partial charge in [-0.25, -0.2) is 4.79 Å². The van der Waals surface area contributed by atoms with E-state index in [1.807, 2.05) is 46.1 Å². The van der Waals surface area contributed by atoms with Gasteiger partial charge in [-0.2, -0.15) is 0 Å². The Kier molecular flexibility index (Phi) is 7.20. The zero-order valence-corrected chi connectivity index (χ0v) is 16.3. The van der Waals surface area contributed by atoms with Crippen LogP contribution >= 0.6 is 0 Å². The van der Waals surface area contributed by atoms with Crippen LogP contribution in [0.1, 0.15) is 47.4 Å². The lowest BCUT2D eigenvalue weighted by atomic mass is 10.1. The Morgan fingerprint density at radius 2 is 1.96 bits per heavy atom. The second kappa shape index (κ2) is 8.68. The van der Waals surface area contributed by atoms with Gasteiger partial charge in [0, 0.05) is 20.1 Å². The number of nitrogens with one attached hydrogen (secondary N) is 3. The fraction of sp³-hybridized carbons (Fsp3) is 0.750. The Labute approximate surface area is 149 Å². The molecular formula is C16H31N7O2. The number of hydrogen-bond acceptors (Lipinski definition) is 5. The molecule has 0 aliphatic rings. The lowest BCUT2D eigenvalue weighted by Crippen LogP contribution is -2.54. The highest BCUT2D eigenvalue weighted by Crippen LogP contribution is 2.09. The second-order valence-corrected chi connectivity index (χ2v) is 7.32. The van der Waals surface area contributed by atoms with Gasteiger partial charge in [-0.05, 0) is 41.5 Å². The molecule has 3 N–H and O–H groups in total. The first-order chi connectivity index (χ1) is 11.6. The molecule has 0 saturated carbocycles. The summed E-state index contributed by atoms with van der Waals surface area (Å²) in [5.41, 5.74) is -1.04. The molecule has 0 fully saturated rings. The van der Waals surface area contributed by atoms with Crippen molar-refractivity contribution < 1.29 is 9.53 Å². The molecule has 1 heterocycles. The van der Waals surface area contributed by atoms with Gasteiger partial charge in [0.15, 0.2) is 11.8 Å². The van der Waals surface area contributed by atoms with E-state index >= 15 is 0 Å². The quantitative estimate of drug-likeness (QED) is 0.525. The molecule has 0 aliphatic heterocycles. The van der Waals surface area contributed by atoms with Gasteiger partial charge in [-0.3, -0.25) is 4.99 Å². The van der Waals surface area contributed by atoms with Crippen molar-refractivity contribution >= 4 is 12.1 Å². The molecule has 0 aromatic carbocycles. The molecule has 1 aromatic rings. The van der Waals surface area contributed by atoms with Crippen molar-refractivity contribution in [3.05, 3.63) is 12.2 Å². The van der Waals surface area contributed by atoms with Crippen molar-refractivity contribution in [1.82, 2.24) is 30.7 Å². The molecule has 25 heavy (non-hydrogen) atoms. The van der Waals surface area contributed by atoms with Gasteiger partial charge in [0.25, 0.3) is 0 Å². The number of guanidine groups is 1. The summed E-state index contributed by atoms with van der Waals surface area (Å²) in [6, 6.07) is 0. The standard InChI is InChI=1S/C16H31N7O2/c1-8-23-11-20-22-12(23)9-18-13(17-7)19-10-16(5,6)21-14(24)25-15(2,3)4/h11H,8-10H2,1-7H3,(H,21,24)(H2,17,18,19). The first kappa shape index (κ1) is 20.7. The fourth-order valence-electron chi connectivity index (χ4n) is 1.99. The zero-order chi connectivity index (χ0) is 19.1. The van der Waals surface area contributed by atoms with Gasteiger partial charge < -0.3 is 25.3 Å². The first-order valence-electron chi connectivity index (χ1n) is 8.38. The number of carbonyl (C=O) groups is 1. The van der Waals surface area contributed by atoms with Crippen molar-refractivity contribution in [2.45, 2.75) is 65.8 Å². The van der Waals surface area contributed by atoms with Gasteiger partial charge in [0.2, 0.25) is 0 Å². The summed E-state index contributed by atoms with van der Waals surface area (Å²) < 4.78 is 7.24. The van der Waals surface area contributed by atoms with Crippen molar-refractivity contribution in [1.29, 1.82) is 0 Å². The topological polar surface area (TPSA) is 105 Å². The van der Waals surface area contributed by atoms with Crippen molar-refractivity contribution in [2.75, 3.05) is 13.6 Å². The van der Waals surface area contributed by atoms with E-state index in [0.29, 0.717) is 19.0 Å². The maximum absolute atomic E-state index is 11.9. The first-order valence-corrected chi connectivity index (χ1v) is 8.38. The maximum atomic E-state index is 11.9. The van der Waals surface area contributed by atoms with Crippen molar-refractivity contribution in [3.63, 3.8) is 0 Å². The van der Waals surface area contributed by atoms with E-state index in [0.717, 1.165) is 12.4 Å². The molecule has 0 radical (unpaired) electrons. The number of carbonyl (C=O) groups excluding carboxylic acids is 1. The fourth-order valence-corrected chi connectivity index (χ4v) is 1.99. The Bertz CT molecular complexity index is 588. The van der Waals surface area contributed by atoms with Crippen molar-refractivity contribution in [3.8, 4) is 0 Å². The Morgan fingerprint density at radius 1 is 1.28 bits per heavy atom.